The zero-order valence-electron chi connectivity index (χ0n) is 21.5. The van der Waals surface area contributed by atoms with Gasteiger partial charge in [-0.3, -0.25) is 4.79 Å². The van der Waals surface area contributed by atoms with Gasteiger partial charge in [0.1, 0.15) is 83.3 Å². The van der Waals surface area contributed by atoms with E-state index in [9.17, 15) is 55.9 Å². The van der Waals surface area contributed by atoms with Crippen molar-refractivity contribution in [3.05, 3.63) is 51.7 Å². The molecule has 10 N–H and O–H groups in total. The molecule has 1 aromatic heterocycles. The number of fused-ring (bicyclic) bond motifs is 1. The second-order valence-electron chi connectivity index (χ2n) is 10.2. The van der Waals surface area contributed by atoms with E-state index in [-0.39, 0.29) is 11.5 Å². The molecule has 2 fully saturated rings. The number of rotatable bonds is 4. The maximum absolute atomic E-state index is 13.4. The number of ether oxygens (including phenoxy) is 2. The Labute approximate surface area is 231 Å². The van der Waals surface area contributed by atoms with E-state index in [4.69, 9.17) is 13.9 Å². The Morgan fingerprint density at radius 1 is 0.732 bits per heavy atom. The molecule has 5 rings (SSSR count). The standard InChI is InChI=1S/C27H30O14/c1-8-17(31)21(35)23(37)27(39-8)16-20(34)15(26-24(38)22(36)18(32)13(7-28)41-26)19(33)14-11(30)6-12(40-25(14)16)9-2-4-10(29)5-3-9/h2-6,8,13,17-18,21-24,26-29,31-38H,7H2,1H3/t8-,13-,17-,18+,21-,22-,23+,24-,26-,27-/m0/s1. The van der Waals surface area contributed by atoms with E-state index in [0.717, 1.165) is 6.07 Å². The van der Waals surface area contributed by atoms with Crippen molar-refractivity contribution in [2.45, 2.75) is 68.0 Å². The van der Waals surface area contributed by atoms with Crippen LogP contribution in [0.15, 0.2) is 39.5 Å². The number of aromatic hydroxyl groups is 3. The van der Waals surface area contributed by atoms with Crippen LogP contribution in [0.2, 0.25) is 0 Å². The van der Waals surface area contributed by atoms with Crippen molar-refractivity contribution >= 4 is 11.0 Å². The van der Waals surface area contributed by atoms with Gasteiger partial charge < -0.3 is 65.0 Å². The molecule has 0 amide bonds. The molecule has 0 spiro atoms. The first kappa shape index (κ1) is 29.2. The molecular formula is C27H30O14. The first-order valence-electron chi connectivity index (χ1n) is 12.7. The van der Waals surface area contributed by atoms with E-state index in [1.165, 1.54) is 31.2 Å². The van der Waals surface area contributed by atoms with Crippen LogP contribution in [0.1, 0.15) is 30.3 Å². The SMILES string of the molecule is C[C@@H]1O[C@@H](c2c(O)c([C@@H]3O[C@@H](CO)[C@@H](O)[C@H](O)[C@@H]3O)c(O)c3c(=O)cc(-c4ccc(O)cc4)oc23)[C@H](O)[C@@H](O)[C@H]1O. The van der Waals surface area contributed by atoms with Crippen LogP contribution in [-0.4, -0.2) is 107 Å². The lowest BCUT2D eigenvalue weighted by Gasteiger charge is -2.42. The summed E-state index contributed by atoms with van der Waals surface area (Å²) in [5.74, 6) is -2.01. The van der Waals surface area contributed by atoms with Gasteiger partial charge in [0.2, 0.25) is 0 Å². The molecule has 41 heavy (non-hydrogen) atoms. The number of hydrogen-bond donors (Lipinski definition) is 10. The maximum Gasteiger partial charge on any atom is 0.197 e. The number of hydrogen-bond acceptors (Lipinski definition) is 14. The van der Waals surface area contributed by atoms with E-state index in [1.54, 1.807) is 0 Å². The van der Waals surface area contributed by atoms with Crippen LogP contribution in [0.25, 0.3) is 22.3 Å². The van der Waals surface area contributed by atoms with Gasteiger partial charge in [-0.05, 0) is 31.2 Å². The third kappa shape index (κ3) is 4.72. The zero-order valence-corrected chi connectivity index (χ0v) is 21.5. The van der Waals surface area contributed by atoms with Crippen LogP contribution >= 0.6 is 0 Å². The van der Waals surface area contributed by atoms with Gasteiger partial charge in [-0.2, -0.15) is 0 Å². The molecule has 10 atom stereocenters. The summed E-state index contributed by atoms with van der Waals surface area (Å²) in [4.78, 5) is 13.4. The number of benzene rings is 2. The highest BCUT2D eigenvalue weighted by Gasteiger charge is 2.49. The lowest BCUT2D eigenvalue weighted by atomic mass is 9.85. The fourth-order valence-corrected chi connectivity index (χ4v) is 5.34. The molecule has 2 aromatic carbocycles. The largest absolute Gasteiger partial charge is 0.508 e. The summed E-state index contributed by atoms with van der Waals surface area (Å²) in [5, 5.41) is 104. The molecule has 2 saturated heterocycles. The van der Waals surface area contributed by atoms with Gasteiger partial charge in [0.15, 0.2) is 11.0 Å². The lowest BCUT2D eigenvalue weighted by Crippen LogP contribution is -2.55. The minimum atomic E-state index is -1.98. The summed E-state index contributed by atoms with van der Waals surface area (Å²) < 4.78 is 17.2. The van der Waals surface area contributed by atoms with Crippen molar-refractivity contribution in [1.82, 2.24) is 0 Å². The van der Waals surface area contributed by atoms with Crippen molar-refractivity contribution in [2.75, 3.05) is 6.61 Å². The van der Waals surface area contributed by atoms with Crippen LogP contribution in [0.3, 0.4) is 0 Å². The fourth-order valence-electron chi connectivity index (χ4n) is 5.34. The Hall–Kier alpha value is -3.31. The lowest BCUT2D eigenvalue weighted by molar-refractivity contribution is -0.232. The molecule has 14 heteroatoms. The third-order valence-electron chi connectivity index (χ3n) is 7.66. The van der Waals surface area contributed by atoms with E-state index in [2.05, 4.69) is 0 Å². The predicted octanol–water partition coefficient (Wildman–Crippen LogP) is -1.37. The minimum Gasteiger partial charge on any atom is -0.508 e. The summed E-state index contributed by atoms with van der Waals surface area (Å²) in [6.07, 6.45) is -16.9. The molecule has 2 aliphatic heterocycles. The summed E-state index contributed by atoms with van der Waals surface area (Å²) in [6.45, 7) is 0.552. The molecule has 3 aromatic rings. The second-order valence-corrected chi connectivity index (χ2v) is 10.2. The highest BCUT2D eigenvalue weighted by molar-refractivity contribution is 5.92. The summed E-state index contributed by atoms with van der Waals surface area (Å²) in [5.41, 5.74) is -2.16. The molecule has 0 unspecified atom stereocenters. The topological polar surface area (TPSA) is 251 Å². The average Bonchev–Trinajstić information content (AvgIpc) is 2.94. The van der Waals surface area contributed by atoms with Crippen LogP contribution < -0.4 is 5.43 Å². The van der Waals surface area contributed by atoms with Gasteiger partial charge in [0.05, 0.1) is 23.8 Å². The first-order valence-corrected chi connectivity index (χ1v) is 12.7. The van der Waals surface area contributed by atoms with Gasteiger partial charge in [0.25, 0.3) is 0 Å². The average molecular weight is 579 g/mol. The van der Waals surface area contributed by atoms with Crippen molar-refractivity contribution in [3.8, 4) is 28.6 Å². The van der Waals surface area contributed by atoms with Crippen LogP contribution in [0.5, 0.6) is 17.2 Å². The fraction of sp³-hybridized carbons (Fsp3) is 0.444. The van der Waals surface area contributed by atoms with Gasteiger partial charge >= 0.3 is 0 Å². The van der Waals surface area contributed by atoms with Gasteiger partial charge in [-0.15, -0.1) is 0 Å². The Balaban J connectivity index is 1.81. The van der Waals surface area contributed by atoms with Crippen LogP contribution in [0.4, 0.5) is 0 Å². The molecule has 3 heterocycles. The normalized spacial score (nSPS) is 34.1. The van der Waals surface area contributed by atoms with Gasteiger partial charge in [-0.25, -0.2) is 0 Å². The second kappa shape index (κ2) is 10.8. The Bertz CT molecular complexity index is 1480. The van der Waals surface area contributed by atoms with E-state index < -0.39 is 107 Å². The Kier molecular flexibility index (Phi) is 7.71. The van der Waals surface area contributed by atoms with Crippen molar-refractivity contribution in [2.24, 2.45) is 0 Å². The quantitative estimate of drug-likeness (QED) is 0.172. The smallest absolute Gasteiger partial charge is 0.197 e. The Morgan fingerprint density at radius 2 is 1.32 bits per heavy atom. The van der Waals surface area contributed by atoms with Crippen molar-refractivity contribution < 1.29 is 65.0 Å². The number of aliphatic hydroxyl groups excluding tert-OH is 7. The van der Waals surface area contributed by atoms with E-state index >= 15 is 0 Å². The van der Waals surface area contributed by atoms with E-state index in [1.807, 2.05) is 0 Å². The van der Waals surface area contributed by atoms with Gasteiger partial charge in [-0.1, -0.05) is 0 Å². The van der Waals surface area contributed by atoms with Crippen LogP contribution in [-0.2, 0) is 9.47 Å². The third-order valence-corrected chi connectivity index (χ3v) is 7.66. The number of aliphatic hydroxyl groups is 7. The van der Waals surface area contributed by atoms with Crippen LogP contribution in [0, 0.1) is 0 Å². The molecule has 2 aliphatic rings. The Morgan fingerprint density at radius 3 is 1.93 bits per heavy atom. The maximum atomic E-state index is 13.4. The highest BCUT2D eigenvalue weighted by atomic mass is 16.5. The monoisotopic (exact) mass is 578 g/mol. The summed E-state index contributed by atoms with van der Waals surface area (Å²) >= 11 is 0. The molecule has 0 radical (unpaired) electrons. The first-order chi connectivity index (χ1) is 19.4. The number of phenols is 3. The van der Waals surface area contributed by atoms with Gasteiger partial charge in [0, 0.05) is 11.6 Å². The zero-order chi connectivity index (χ0) is 29.9. The van der Waals surface area contributed by atoms with Crippen molar-refractivity contribution in [3.63, 3.8) is 0 Å². The summed E-state index contributed by atoms with van der Waals surface area (Å²) in [6, 6.07) is 6.51. The predicted molar refractivity (Wildman–Crippen MR) is 137 cm³/mol. The molecule has 222 valence electrons. The van der Waals surface area contributed by atoms with Crippen molar-refractivity contribution in [1.29, 1.82) is 0 Å². The highest BCUT2D eigenvalue weighted by Crippen LogP contribution is 2.50. The molecule has 0 saturated carbocycles. The molecular weight excluding hydrogens is 548 g/mol. The summed E-state index contributed by atoms with van der Waals surface area (Å²) in [7, 11) is 0. The van der Waals surface area contributed by atoms with E-state index in [0.29, 0.717) is 5.56 Å². The minimum absolute atomic E-state index is 0.0719. The molecule has 0 bridgehead atoms. The molecule has 0 aliphatic carbocycles. The molecule has 14 nitrogen and oxygen atoms in total. The number of phenolic OH excluding ortho intramolecular Hbond substituents is 3.